The summed E-state index contributed by atoms with van der Waals surface area (Å²) in [5.41, 5.74) is 2.33. The highest BCUT2D eigenvalue weighted by atomic mass is 16.5. The molecule has 4 heteroatoms. The lowest BCUT2D eigenvalue weighted by atomic mass is 9.96. The lowest BCUT2D eigenvalue weighted by Gasteiger charge is -2.11. The van der Waals surface area contributed by atoms with Gasteiger partial charge >= 0.3 is 0 Å². The molecule has 102 valence electrons. The third-order valence-electron chi connectivity index (χ3n) is 2.94. The number of nitrogens with zero attached hydrogens (tertiary/aromatic N) is 2. The van der Waals surface area contributed by atoms with Crippen LogP contribution in [0.4, 0.5) is 5.69 Å². The standard InChI is InChI=1S/C15H21N3O/c1-11-7-5-6-8-12(11)16-10-9-13-17-14(18-19-13)15(2,3)4/h5-8,16H,9-10H2,1-4H3. The number of hydrogen-bond acceptors (Lipinski definition) is 4. The molecular formula is C15H21N3O. The molecule has 0 spiro atoms. The van der Waals surface area contributed by atoms with Crippen molar-refractivity contribution in [3.8, 4) is 0 Å². The average Bonchev–Trinajstić information content (AvgIpc) is 2.80. The summed E-state index contributed by atoms with van der Waals surface area (Å²) in [7, 11) is 0. The lowest BCUT2D eigenvalue weighted by Crippen LogP contribution is -2.13. The quantitative estimate of drug-likeness (QED) is 0.915. The van der Waals surface area contributed by atoms with Gasteiger partial charge in [-0.05, 0) is 18.6 Å². The number of anilines is 1. The summed E-state index contributed by atoms with van der Waals surface area (Å²) >= 11 is 0. The van der Waals surface area contributed by atoms with Gasteiger partial charge in [0.25, 0.3) is 0 Å². The Labute approximate surface area is 114 Å². The van der Waals surface area contributed by atoms with E-state index in [9.17, 15) is 0 Å². The highest BCUT2D eigenvalue weighted by Gasteiger charge is 2.20. The Kier molecular flexibility index (Phi) is 3.88. The molecule has 1 N–H and O–H groups in total. The van der Waals surface area contributed by atoms with E-state index in [-0.39, 0.29) is 5.41 Å². The second-order valence-corrected chi connectivity index (χ2v) is 5.75. The Morgan fingerprint density at radius 3 is 2.58 bits per heavy atom. The van der Waals surface area contributed by atoms with Gasteiger partial charge in [0.2, 0.25) is 5.89 Å². The van der Waals surface area contributed by atoms with Gasteiger partial charge in [-0.3, -0.25) is 0 Å². The smallest absolute Gasteiger partial charge is 0.228 e. The first-order valence-corrected chi connectivity index (χ1v) is 6.59. The molecule has 0 unspecified atom stereocenters. The molecule has 0 bridgehead atoms. The van der Waals surface area contributed by atoms with Crippen LogP contribution in [0.25, 0.3) is 0 Å². The van der Waals surface area contributed by atoms with Gasteiger partial charge in [-0.2, -0.15) is 4.98 Å². The van der Waals surface area contributed by atoms with Gasteiger partial charge in [0, 0.05) is 24.1 Å². The molecule has 0 radical (unpaired) electrons. The van der Waals surface area contributed by atoms with Crippen LogP contribution in [-0.4, -0.2) is 16.7 Å². The van der Waals surface area contributed by atoms with E-state index in [4.69, 9.17) is 4.52 Å². The van der Waals surface area contributed by atoms with E-state index >= 15 is 0 Å². The van der Waals surface area contributed by atoms with Gasteiger partial charge in [0.05, 0.1) is 0 Å². The van der Waals surface area contributed by atoms with Crippen LogP contribution < -0.4 is 5.32 Å². The predicted molar refractivity (Wildman–Crippen MR) is 76.4 cm³/mol. The molecule has 2 rings (SSSR count). The SMILES string of the molecule is Cc1ccccc1NCCc1nc(C(C)(C)C)no1. The van der Waals surface area contributed by atoms with Gasteiger partial charge < -0.3 is 9.84 Å². The molecule has 4 nitrogen and oxygen atoms in total. The maximum absolute atomic E-state index is 5.26. The van der Waals surface area contributed by atoms with E-state index < -0.39 is 0 Å². The second-order valence-electron chi connectivity index (χ2n) is 5.75. The molecule has 2 aromatic rings. The van der Waals surface area contributed by atoms with Crippen molar-refractivity contribution in [2.24, 2.45) is 0 Å². The molecule has 0 saturated heterocycles. The Hall–Kier alpha value is -1.84. The number of nitrogens with one attached hydrogen (secondary N) is 1. The number of hydrogen-bond donors (Lipinski definition) is 1. The van der Waals surface area contributed by atoms with E-state index in [0.717, 1.165) is 24.5 Å². The topological polar surface area (TPSA) is 51.0 Å². The molecule has 0 amide bonds. The first-order chi connectivity index (χ1) is 8.97. The van der Waals surface area contributed by atoms with Crippen LogP contribution in [0.15, 0.2) is 28.8 Å². The summed E-state index contributed by atoms with van der Waals surface area (Å²) in [5.74, 6) is 1.45. The second kappa shape index (κ2) is 5.43. The van der Waals surface area contributed by atoms with Crippen molar-refractivity contribution in [2.75, 3.05) is 11.9 Å². The maximum Gasteiger partial charge on any atom is 0.228 e. The number of aromatic nitrogens is 2. The Morgan fingerprint density at radius 2 is 1.95 bits per heavy atom. The summed E-state index contributed by atoms with van der Waals surface area (Å²) in [5, 5.41) is 7.40. The predicted octanol–water partition coefficient (Wildman–Crippen LogP) is 3.33. The van der Waals surface area contributed by atoms with Gasteiger partial charge in [-0.25, -0.2) is 0 Å². The Bertz CT molecular complexity index is 540. The molecule has 0 saturated carbocycles. The maximum atomic E-state index is 5.26. The number of para-hydroxylation sites is 1. The highest BCUT2D eigenvalue weighted by molar-refractivity contribution is 5.50. The van der Waals surface area contributed by atoms with Gasteiger partial charge in [-0.1, -0.05) is 44.1 Å². The number of benzene rings is 1. The van der Waals surface area contributed by atoms with Crippen molar-refractivity contribution in [2.45, 2.75) is 39.5 Å². The fraction of sp³-hybridized carbons (Fsp3) is 0.467. The van der Waals surface area contributed by atoms with Crippen LogP contribution in [0.1, 0.15) is 38.0 Å². The lowest BCUT2D eigenvalue weighted by molar-refractivity contribution is 0.365. The Balaban J connectivity index is 1.90. The minimum Gasteiger partial charge on any atom is -0.384 e. The largest absolute Gasteiger partial charge is 0.384 e. The van der Waals surface area contributed by atoms with E-state index in [2.05, 4.69) is 55.3 Å². The van der Waals surface area contributed by atoms with Crippen molar-refractivity contribution < 1.29 is 4.52 Å². The first-order valence-electron chi connectivity index (χ1n) is 6.59. The molecule has 1 aromatic carbocycles. The molecule has 1 heterocycles. The van der Waals surface area contributed by atoms with Crippen molar-refractivity contribution in [3.63, 3.8) is 0 Å². The third-order valence-corrected chi connectivity index (χ3v) is 2.94. The fourth-order valence-electron chi connectivity index (χ4n) is 1.74. The van der Waals surface area contributed by atoms with Crippen LogP contribution in [-0.2, 0) is 11.8 Å². The summed E-state index contributed by atoms with van der Waals surface area (Å²) in [6.07, 6.45) is 0.734. The zero-order valence-electron chi connectivity index (χ0n) is 12.0. The molecule has 0 aliphatic rings. The van der Waals surface area contributed by atoms with Crippen molar-refractivity contribution in [1.29, 1.82) is 0 Å². The zero-order chi connectivity index (χ0) is 13.9. The molecule has 1 aromatic heterocycles. The molecule has 19 heavy (non-hydrogen) atoms. The van der Waals surface area contributed by atoms with Crippen molar-refractivity contribution in [1.82, 2.24) is 10.1 Å². The summed E-state index contributed by atoms with van der Waals surface area (Å²) in [4.78, 5) is 4.42. The molecule has 0 fully saturated rings. The normalized spacial score (nSPS) is 11.6. The third kappa shape index (κ3) is 3.56. The van der Waals surface area contributed by atoms with Gasteiger partial charge in [0.15, 0.2) is 5.82 Å². The van der Waals surface area contributed by atoms with Crippen molar-refractivity contribution >= 4 is 5.69 Å². The van der Waals surface area contributed by atoms with Crippen LogP contribution in [0.2, 0.25) is 0 Å². The molecule has 0 aliphatic carbocycles. The fourth-order valence-corrected chi connectivity index (χ4v) is 1.74. The van der Waals surface area contributed by atoms with E-state index in [0.29, 0.717) is 5.89 Å². The molecule has 0 aliphatic heterocycles. The Morgan fingerprint density at radius 1 is 1.21 bits per heavy atom. The molecule has 0 atom stereocenters. The average molecular weight is 259 g/mol. The van der Waals surface area contributed by atoms with Crippen LogP contribution >= 0.6 is 0 Å². The minimum absolute atomic E-state index is 0.0643. The van der Waals surface area contributed by atoms with E-state index in [1.54, 1.807) is 0 Å². The van der Waals surface area contributed by atoms with Gasteiger partial charge in [-0.15, -0.1) is 0 Å². The monoisotopic (exact) mass is 259 g/mol. The van der Waals surface area contributed by atoms with Crippen LogP contribution in [0, 0.1) is 6.92 Å². The van der Waals surface area contributed by atoms with Crippen LogP contribution in [0.3, 0.4) is 0 Å². The van der Waals surface area contributed by atoms with E-state index in [1.807, 2.05) is 12.1 Å². The number of rotatable bonds is 4. The van der Waals surface area contributed by atoms with E-state index in [1.165, 1.54) is 5.56 Å². The summed E-state index contributed by atoms with van der Waals surface area (Å²) in [6.45, 7) is 9.11. The first kappa shape index (κ1) is 13.6. The highest BCUT2D eigenvalue weighted by Crippen LogP contribution is 2.18. The molecular weight excluding hydrogens is 238 g/mol. The summed E-state index contributed by atoms with van der Waals surface area (Å²) in [6, 6.07) is 8.23. The van der Waals surface area contributed by atoms with Gasteiger partial charge in [0.1, 0.15) is 0 Å². The zero-order valence-corrected chi connectivity index (χ0v) is 12.0. The van der Waals surface area contributed by atoms with Crippen molar-refractivity contribution in [3.05, 3.63) is 41.5 Å². The summed E-state index contributed by atoms with van der Waals surface area (Å²) < 4.78 is 5.26. The van der Waals surface area contributed by atoms with Crippen LogP contribution in [0.5, 0.6) is 0 Å². The number of aryl methyl sites for hydroxylation is 1. The minimum atomic E-state index is -0.0643.